The molecule has 6 nitrogen and oxygen atoms in total. The second kappa shape index (κ2) is 7.07. The van der Waals surface area contributed by atoms with Crippen molar-refractivity contribution in [2.24, 2.45) is 7.05 Å². The summed E-state index contributed by atoms with van der Waals surface area (Å²) < 4.78 is 1.74. The Kier molecular flexibility index (Phi) is 4.65. The lowest BCUT2D eigenvalue weighted by atomic mass is 10.2. The highest BCUT2D eigenvalue weighted by atomic mass is 35.5. The van der Waals surface area contributed by atoms with Gasteiger partial charge in [-0.25, -0.2) is 9.97 Å². The van der Waals surface area contributed by atoms with Gasteiger partial charge in [0.2, 0.25) is 0 Å². The van der Waals surface area contributed by atoms with Gasteiger partial charge in [0, 0.05) is 39.8 Å². The summed E-state index contributed by atoms with van der Waals surface area (Å²) in [6, 6.07) is 10.6. The summed E-state index contributed by atoms with van der Waals surface area (Å²) >= 11 is 6.28. The standard InChI is InChI=1S/C18H21ClN6/c1-23-18-15(11-20-23)17(19)21-16(22-18)13-25-9-7-24(8-10-25)12-14-5-3-2-4-6-14/h2-6,11H,7-10,12-13H2,1H3. The van der Waals surface area contributed by atoms with E-state index in [1.807, 2.05) is 7.05 Å². The Hall–Kier alpha value is -2.02. The molecule has 1 fully saturated rings. The molecule has 0 aliphatic carbocycles. The van der Waals surface area contributed by atoms with Crippen molar-refractivity contribution in [1.29, 1.82) is 0 Å². The van der Waals surface area contributed by atoms with Crippen molar-refractivity contribution < 1.29 is 0 Å². The van der Waals surface area contributed by atoms with Gasteiger partial charge in [0.25, 0.3) is 0 Å². The Morgan fingerprint density at radius 2 is 1.64 bits per heavy atom. The van der Waals surface area contributed by atoms with Gasteiger partial charge in [0.05, 0.1) is 18.1 Å². The first kappa shape index (κ1) is 16.4. The van der Waals surface area contributed by atoms with Gasteiger partial charge in [-0.15, -0.1) is 0 Å². The van der Waals surface area contributed by atoms with Crippen LogP contribution < -0.4 is 0 Å². The number of rotatable bonds is 4. The third kappa shape index (κ3) is 3.66. The first-order valence-corrected chi connectivity index (χ1v) is 8.89. The summed E-state index contributed by atoms with van der Waals surface area (Å²) in [7, 11) is 1.87. The average molecular weight is 357 g/mol. The molecule has 1 aliphatic heterocycles. The third-order valence-electron chi connectivity index (χ3n) is 4.67. The lowest BCUT2D eigenvalue weighted by molar-refractivity contribution is 0.120. The lowest BCUT2D eigenvalue weighted by Crippen LogP contribution is -2.45. The van der Waals surface area contributed by atoms with Gasteiger partial charge in [-0.05, 0) is 5.56 Å². The van der Waals surface area contributed by atoms with Crippen LogP contribution in [0.15, 0.2) is 36.5 Å². The first-order chi connectivity index (χ1) is 12.2. The summed E-state index contributed by atoms with van der Waals surface area (Å²) in [5.74, 6) is 0.762. The number of halogens is 1. The molecule has 1 saturated heterocycles. The van der Waals surface area contributed by atoms with Crippen LogP contribution in [0.25, 0.3) is 11.0 Å². The zero-order valence-corrected chi connectivity index (χ0v) is 15.0. The molecule has 0 atom stereocenters. The van der Waals surface area contributed by atoms with Crippen LogP contribution in [0, 0.1) is 0 Å². The summed E-state index contributed by atoms with van der Waals surface area (Å²) in [5, 5.41) is 5.49. The maximum absolute atomic E-state index is 6.28. The second-order valence-corrected chi connectivity index (χ2v) is 6.83. The lowest BCUT2D eigenvalue weighted by Gasteiger charge is -2.34. The number of nitrogens with zero attached hydrogens (tertiary/aromatic N) is 6. The van der Waals surface area contributed by atoms with Gasteiger partial charge in [-0.1, -0.05) is 41.9 Å². The monoisotopic (exact) mass is 356 g/mol. The molecule has 3 aromatic rings. The number of aryl methyl sites for hydroxylation is 1. The Balaban J connectivity index is 1.38. The third-order valence-corrected chi connectivity index (χ3v) is 4.96. The molecule has 1 aromatic carbocycles. The van der Waals surface area contributed by atoms with Gasteiger partial charge in [0.15, 0.2) is 5.65 Å². The van der Waals surface area contributed by atoms with E-state index >= 15 is 0 Å². The first-order valence-electron chi connectivity index (χ1n) is 8.52. The molecule has 0 bridgehead atoms. The molecule has 7 heteroatoms. The van der Waals surface area contributed by atoms with E-state index in [2.05, 4.69) is 55.2 Å². The molecule has 25 heavy (non-hydrogen) atoms. The molecular formula is C18H21ClN6. The van der Waals surface area contributed by atoms with E-state index in [1.165, 1.54) is 5.56 Å². The van der Waals surface area contributed by atoms with Crippen LogP contribution in [-0.2, 0) is 20.1 Å². The molecule has 2 aromatic heterocycles. The molecular weight excluding hydrogens is 336 g/mol. The van der Waals surface area contributed by atoms with Crippen LogP contribution in [0.2, 0.25) is 5.15 Å². The number of hydrogen-bond donors (Lipinski definition) is 0. The second-order valence-electron chi connectivity index (χ2n) is 6.47. The molecule has 0 unspecified atom stereocenters. The topological polar surface area (TPSA) is 50.1 Å². The summed E-state index contributed by atoms with van der Waals surface area (Å²) in [6.07, 6.45) is 1.71. The SMILES string of the molecule is Cn1ncc2c(Cl)nc(CN3CCN(Cc4ccccc4)CC3)nc21. The highest BCUT2D eigenvalue weighted by Gasteiger charge is 2.19. The van der Waals surface area contributed by atoms with Crippen LogP contribution in [0.3, 0.4) is 0 Å². The van der Waals surface area contributed by atoms with Crippen molar-refractivity contribution in [2.75, 3.05) is 26.2 Å². The van der Waals surface area contributed by atoms with Crippen molar-refractivity contribution >= 4 is 22.6 Å². The Labute approximate surface area is 152 Å². The van der Waals surface area contributed by atoms with Gasteiger partial charge in [-0.2, -0.15) is 5.10 Å². The fourth-order valence-electron chi connectivity index (χ4n) is 3.25. The van der Waals surface area contributed by atoms with Crippen LogP contribution in [-0.4, -0.2) is 55.7 Å². The quantitative estimate of drug-likeness (QED) is 0.671. The highest BCUT2D eigenvalue weighted by Crippen LogP contribution is 2.20. The predicted molar refractivity (Wildman–Crippen MR) is 98.3 cm³/mol. The average Bonchev–Trinajstić information content (AvgIpc) is 2.99. The molecule has 130 valence electrons. The van der Waals surface area contributed by atoms with Crippen LogP contribution in [0.5, 0.6) is 0 Å². The van der Waals surface area contributed by atoms with Gasteiger partial charge >= 0.3 is 0 Å². The molecule has 0 amide bonds. The highest BCUT2D eigenvalue weighted by molar-refractivity contribution is 6.33. The van der Waals surface area contributed by atoms with Crippen LogP contribution in [0.1, 0.15) is 11.4 Å². The van der Waals surface area contributed by atoms with E-state index in [0.29, 0.717) is 5.15 Å². The number of benzene rings is 1. The van der Waals surface area contributed by atoms with Gasteiger partial charge in [0.1, 0.15) is 11.0 Å². The van der Waals surface area contributed by atoms with Crippen LogP contribution in [0.4, 0.5) is 0 Å². The van der Waals surface area contributed by atoms with Crippen molar-refractivity contribution in [3.05, 3.63) is 53.1 Å². The maximum atomic E-state index is 6.28. The molecule has 0 saturated carbocycles. The fraction of sp³-hybridized carbons (Fsp3) is 0.389. The molecule has 0 radical (unpaired) electrons. The number of piperazine rings is 1. The number of aromatic nitrogens is 4. The van der Waals surface area contributed by atoms with Crippen molar-refractivity contribution in [3.8, 4) is 0 Å². The van der Waals surface area contributed by atoms with Crippen molar-refractivity contribution in [2.45, 2.75) is 13.1 Å². The van der Waals surface area contributed by atoms with E-state index in [1.54, 1.807) is 10.9 Å². The zero-order valence-electron chi connectivity index (χ0n) is 14.3. The van der Waals surface area contributed by atoms with Crippen LogP contribution >= 0.6 is 11.6 Å². The van der Waals surface area contributed by atoms with E-state index in [4.69, 9.17) is 11.6 Å². The minimum absolute atomic E-state index is 0.482. The molecule has 4 rings (SSSR count). The fourth-order valence-corrected chi connectivity index (χ4v) is 3.48. The van der Waals surface area contributed by atoms with Gasteiger partial charge in [-0.3, -0.25) is 14.5 Å². The maximum Gasteiger partial charge on any atom is 0.162 e. The van der Waals surface area contributed by atoms with E-state index in [0.717, 1.165) is 56.1 Å². The number of fused-ring (bicyclic) bond motifs is 1. The minimum Gasteiger partial charge on any atom is -0.297 e. The van der Waals surface area contributed by atoms with E-state index < -0.39 is 0 Å². The molecule has 0 N–H and O–H groups in total. The molecule has 3 heterocycles. The van der Waals surface area contributed by atoms with Crippen molar-refractivity contribution in [1.82, 2.24) is 29.5 Å². The molecule has 1 aliphatic rings. The van der Waals surface area contributed by atoms with Gasteiger partial charge < -0.3 is 0 Å². The Bertz CT molecular complexity index is 855. The number of hydrogen-bond acceptors (Lipinski definition) is 5. The van der Waals surface area contributed by atoms with E-state index in [9.17, 15) is 0 Å². The summed E-state index contributed by atoms with van der Waals surface area (Å²) in [5.41, 5.74) is 2.16. The minimum atomic E-state index is 0.482. The normalized spacial score (nSPS) is 16.6. The molecule has 0 spiro atoms. The van der Waals surface area contributed by atoms with Crippen molar-refractivity contribution in [3.63, 3.8) is 0 Å². The summed E-state index contributed by atoms with van der Waals surface area (Å²) in [4.78, 5) is 13.9. The summed E-state index contributed by atoms with van der Waals surface area (Å²) in [6.45, 7) is 5.86. The van der Waals surface area contributed by atoms with E-state index in [-0.39, 0.29) is 0 Å². The Morgan fingerprint density at radius 1 is 0.960 bits per heavy atom. The zero-order chi connectivity index (χ0) is 17.2. The Morgan fingerprint density at radius 3 is 2.36 bits per heavy atom. The largest absolute Gasteiger partial charge is 0.297 e. The smallest absolute Gasteiger partial charge is 0.162 e. The predicted octanol–water partition coefficient (Wildman–Crippen LogP) is 2.33.